The Balaban J connectivity index is 1.70. The van der Waals surface area contributed by atoms with Crippen molar-refractivity contribution in [2.45, 2.75) is 57.4 Å². The predicted molar refractivity (Wildman–Crippen MR) is 122 cm³/mol. The van der Waals surface area contributed by atoms with Gasteiger partial charge in [0.1, 0.15) is 37.6 Å². The van der Waals surface area contributed by atoms with Gasteiger partial charge in [-0.2, -0.15) is 0 Å². The summed E-state index contributed by atoms with van der Waals surface area (Å²) in [5, 5.41) is 41.0. The third kappa shape index (κ3) is 8.84. The molecule has 1 aromatic carbocycles. The molecular weight excluding hydrogens is 464 g/mol. The normalized spacial score (nSPS) is 24.1. The van der Waals surface area contributed by atoms with Crippen LogP contribution in [0.2, 0.25) is 0 Å². The van der Waals surface area contributed by atoms with E-state index in [1.165, 1.54) is 12.1 Å². The lowest BCUT2D eigenvalue weighted by Crippen LogP contribution is -2.58. The van der Waals surface area contributed by atoms with Crippen LogP contribution in [0.25, 0.3) is 0 Å². The third-order valence-electron chi connectivity index (χ3n) is 5.59. The number of aliphatic hydroxyl groups is 4. The van der Waals surface area contributed by atoms with E-state index in [0.717, 1.165) is 13.1 Å². The van der Waals surface area contributed by atoms with E-state index in [0.29, 0.717) is 17.8 Å². The summed E-state index contributed by atoms with van der Waals surface area (Å²) in [5.41, 5.74) is 0.782. The molecule has 2 rings (SSSR count). The maximum Gasteiger partial charge on any atom is 0.338 e. The molecule has 5 N–H and O–H groups in total. The Labute approximate surface area is 203 Å². The second kappa shape index (κ2) is 14.1. The molecule has 0 radical (unpaired) electrons. The molecule has 0 bridgehead atoms. The Morgan fingerprint density at radius 2 is 1.60 bits per heavy atom. The molecule has 5 atom stereocenters. The average molecular weight is 499 g/mol. The maximum absolute atomic E-state index is 12.1. The highest BCUT2D eigenvalue weighted by Crippen LogP contribution is 2.20. The molecule has 1 amide bonds. The minimum Gasteiger partial charge on any atom is -0.463 e. The van der Waals surface area contributed by atoms with Crippen LogP contribution < -0.4 is 5.32 Å². The second-order valence-electron chi connectivity index (χ2n) is 8.01. The van der Waals surface area contributed by atoms with E-state index in [1.807, 2.05) is 13.8 Å². The molecule has 0 saturated carbocycles. The van der Waals surface area contributed by atoms with Gasteiger partial charge >= 0.3 is 11.9 Å². The summed E-state index contributed by atoms with van der Waals surface area (Å²) in [5.74, 6) is -1.67. The Morgan fingerprint density at radius 3 is 2.23 bits per heavy atom. The highest BCUT2D eigenvalue weighted by Gasteiger charge is 2.43. The third-order valence-corrected chi connectivity index (χ3v) is 5.59. The first-order valence-electron chi connectivity index (χ1n) is 11.5. The van der Waals surface area contributed by atoms with Crippen LogP contribution in [-0.4, -0.2) is 107 Å². The molecular formula is C23H34N2O10. The number of ether oxygens (including phenoxy) is 3. The molecule has 1 unspecified atom stereocenters. The van der Waals surface area contributed by atoms with E-state index in [1.54, 1.807) is 12.1 Å². The summed E-state index contributed by atoms with van der Waals surface area (Å²) < 4.78 is 15.1. The Bertz CT molecular complexity index is 830. The van der Waals surface area contributed by atoms with Gasteiger partial charge in [-0.25, -0.2) is 4.79 Å². The van der Waals surface area contributed by atoms with Gasteiger partial charge in [-0.3, -0.25) is 9.59 Å². The lowest BCUT2D eigenvalue weighted by molar-refractivity contribution is -0.287. The van der Waals surface area contributed by atoms with Crippen molar-refractivity contribution in [2.24, 2.45) is 0 Å². The van der Waals surface area contributed by atoms with E-state index in [9.17, 15) is 34.8 Å². The van der Waals surface area contributed by atoms with Crippen LogP contribution in [-0.2, 0) is 23.8 Å². The number of benzene rings is 1. The highest BCUT2D eigenvalue weighted by atomic mass is 16.6. The largest absolute Gasteiger partial charge is 0.463 e. The molecule has 0 spiro atoms. The SMILES string of the molecule is CCN(CC)CCOC(=O)c1ccc(NC(=O)CCC(=O)OC[C@@H]2OC(O)[C@@H](O)[C@H](O)[C@@H]2O)cc1. The number of hydrogen-bond acceptors (Lipinski definition) is 11. The van der Waals surface area contributed by atoms with Crippen LogP contribution >= 0.6 is 0 Å². The van der Waals surface area contributed by atoms with Gasteiger partial charge < -0.3 is 44.9 Å². The van der Waals surface area contributed by atoms with Crippen LogP contribution in [0.5, 0.6) is 0 Å². The quantitative estimate of drug-likeness (QED) is 0.229. The number of aliphatic hydroxyl groups excluding tert-OH is 4. The summed E-state index contributed by atoms with van der Waals surface area (Å²) in [6, 6.07) is 6.14. The van der Waals surface area contributed by atoms with Gasteiger partial charge in [0.25, 0.3) is 0 Å². The highest BCUT2D eigenvalue weighted by molar-refractivity contribution is 5.94. The number of carbonyl (C=O) groups is 3. The topological polar surface area (TPSA) is 175 Å². The number of likely N-dealkylation sites (N-methyl/N-ethyl adjacent to an activating group) is 1. The van der Waals surface area contributed by atoms with Crippen LogP contribution in [0.15, 0.2) is 24.3 Å². The molecule has 1 saturated heterocycles. The standard InChI is InChI=1S/C23H34N2O10/c1-3-25(4-2)11-12-33-22(31)14-5-7-15(8-6-14)24-17(26)9-10-18(27)34-13-16-19(28)20(29)21(30)23(32)35-16/h5-8,16,19-21,23,28-30,32H,3-4,9-13H2,1-2H3,(H,24,26)/t16-,19+,20+,21-,23?/m0/s1. The van der Waals surface area contributed by atoms with Gasteiger partial charge in [0, 0.05) is 18.7 Å². The van der Waals surface area contributed by atoms with Gasteiger partial charge in [0.2, 0.25) is 5.91 Å². The van der Waals surface area contributed by atoms with Crippen molar-refractivity contribution in [3.05, 3.63) is 29.8 Å². The summed E-state index contributed by atoms with van der Waals surface area (Å²) in [6.45, 7) is 6.26. The lowest BCUT2D eigenvalue weighted by atomic mass is 9.99. The second-order valence-corrected chi connectivity index (χ2v) is 8.01. The van der Waals surface area contributed by atoms with Crippen LogP contribution in [0, 0.1) is 0 Å². The summed E-state index contributed by atoms with van der Waals surface area (Å²) in [6.07, 6.45) is -8.32. The van der Waals surface area contributed by atoms with Crippen molar-refractivity contribution >= 4 is 23.5 Å². The van der Waals surface area contributed by atoms with Crippen molar-refractivity contribution in [3.63, 3.8) is 0 Å². The molecule has 1 heterocycles. The molecule has 0 aromatic heterocycles. The maximum atomic E-state index is 12.1. The van der Waals surface area contributed by atoms with E-state index < -0.39 is 55.2 Å². The van der Waals surface area contributed by atoms with Crippen molar-refractivity contribution < 1.29 is 49.0 Å². The van der Waals surface area contributed by atoms with Crippen molar-refractivity contribution in [2.75, 3.05) is 38.2 Å². The zero-order chi connectivity index (χ0) is 26.0. The first-order chi connectivity index (χ1) is 16.7. The number of anilines is 1. The molecule has 1 aliphatic rings. The molecule has 12 nitrogen and oxygen atoms in total. The van der Waals surface area contributed by atoms with E-state index in [-0.39, 0.29) is 19.4 Å². The Hall–Kier alpha value is -2.61. The summed E-state index contributed by atoms with van der Waals surface area (Å²) in [7, 11) is 0. The molecule has 1 aromatic rings. The van der Waals surface area contributed by atoms with E-state index in [4.69, 9.17) is 14.2 Å². The fraction of sp³-hybridized carbons (Fsp3) is 0.609. The smallest absolute Gasteiger partial charge is 0.338 e. The number of amides is 1. The molecule has 35 heavy (non-hydrogen) atoms. The van der Waals surface area contributed by atoms with Gasteiger partial charge in [0.05, 0.1) is 12.0 Å². The zero-order valence-electron chi connectivity index (χ0n) is 19.8. The number of hydrogen-bond donors (Lipinski definition) is 5. The Kier molecular flexibility index (Phi) is 11.5. The first-order valence-corrected chi connectivity index (χ1v) is 11.5. The fourth-order valence-corrected chi connectivity index (χ4v) is 3.34. The van der Waals surface area contributed by atoms with Crippen molar-refractivity contribution in [1.82, 2.24) is 4.90 Å². The number of nitrogens with zero attached hydrogens (tertiary/aromatic N) is 1. The van der Waals surface area contributed by atoms with Crippen molar-refractivity contribution in [3.8, 4) is 0 Å². The molecule has 1 fully saturated rings. The van der Waals surface area contributed by atoms with Crippen LogP contribution in [0.4, 0.5) is 5.69 Å². The molecule has 0 aliphatic carbocycles. The molecule has 12 heteroatoms. The van der Waals surface area contributed by atoms with Crippen LogP contribution in [0.1, 0.15) is 37.0 Å². The number of rotatable bonds is 12. The van der Waals surface area contributed by atoms with Gasteiger partial charge in [0.15, 0.2) is 6.29 Å². The van der Waals surface area contributed by atoms with Gasteiger partial charge in [-0.15, -0.1) is 0 Å². The minimum atomic E-state index is -1.73. The monoisotopic (exact) mass is 498 g/mol. The average Bonchev–Trinajstić information content (AvgIpc) is 2.85. The Morgan fingerprint density at radius 1 is 0.943 bits per heavy atom. The molecule has 1 aliphatic heterocycles. The minimum absolute atomic E-state index is 0.188. The van der Waals surface area contributed by atoms with Crippen LogP contribution in [0.3, 0.4) is 0 Å². The van der Waals surface area contributed by atoms with Gasteiger partial charge in [-0.1, -0.05) is 13.8 Å². The first kappa shape index (κ1) is 28.6. The molecule has 196 valence electrons. The van der Waals surface area contributed by atoms with Crippen molar-refractivity contribution in [1.29, 1.82) is 0 Å². The number of esters is 2. The lowest BCUT2D eigenvalue weighted by Gasteiger charge is -2.37. The fourth-order valence-electron chi connectivity index (χ4n) is 3.34. The van der Waals surface area contributed by atoms with Gasteiger partial charge in [-0.05, 0) is 37.4 Å². The summed E-state index contributed by atoms with van der Waals surface area (Å²) >= 11 is 0. The van der Waals surface area contributed by atoms with E-state index in [2.05, 4.69) is 10.2 Å². The number of carbonyl (C=O) groups excluding carboxylic acids is 3. The zero-order valence-corrected chi connectivity index (χ0v) is 19.8. The predicted octanol–water partition coefficient (Wildman–Crippen LogP) is -0.753. The summed E-state index contributed by atoms with van der Waals surface area (Å²) in [4.78, 5) is 38.3. The number of nitrogens with one attached hydrogen (secondary N) is 1. The van der Waals surface area contributed by atoms with E-state index >= 15 is 0 Å².